The molecule has 2 N–H and O–H groups in total. The number of ether oxygens (including phenoxy) is 2. The Morgan fingerprint density at radius 3 is 3.14 bits per heavy atom. The van der Waals surface area contributed by atoms with Gasteiger partial charge in [0.15, 0.2) is 5.96 Å². The topological polar surface area (TPSA) is 60.1 Å². The monoisotopic (exact) mass is 315 g/mol. The minimum absolute atomic E-state index is 0.0750. The largest absolute Gasteiger partial charge is 0.492 e. The molecule has 1 fully saturated rings. The first kappa shape index (κ1) is 15.9. The highest BCUT2D eigenvalue weighted by molar-refractivity contribution is 6.30. The van der Waals surface area contributed by atoms with Crippen molar-refractivity contribution in [1.29, 1.82) is 0 Å². The molecule has 1 aromatic carbocycles. The normalized spacial score (nSPS) is 19.7. The third kappa shape index (κ3) is 4.75. The maximum absolute atomic E-state index is 13.2. The van der Waals surface area contributed by atoms with E-state index < -0.39 is 5.82 Å². The summed E-state index contributed by atoms with van der Waals surface area (Å²) >= 11 is 5.60. The molecule has 1 heterocycles. The smallest absolute Gasteiger partial charge is 0.191 e. The van der Waals surface area contributed by atoms with E-state index in [0.717, 1.165) is 13.1 Å². The van der Waals surface area contributed by atoms with E-state index in [2.05, 4.69) is 4.99 Å². The second-order valence-electron chi connectivity index (χ2n) is 4.79. The molecule has 2 rings (SSSR count). The van der Waals surface area contributed by atoms with Gasteiger partial charge >= 0.3 is 0 Å². The van der Waals surface area contributed by atoms with Crippen LogP contribution in [0.2, 0.25) is 5.02 Å². The molecule has 0 bridgehead atoms. The van der Waals surface area contributed by atoms with Gasteiger partial charge in [-0.2, -0.15) is 0 Å². The van der Waals surface area contributed by atoms with Crippen molar-refractivity contribution in [3.05, 3.63) is 29.0 Å². The predicted molar refractivity (Wildman–Crippen MR) is 80.4 cm³/mol. The molecule has 0 spiro atoms. The van der Waals surface area contributed by atoms with Crippen molar-refractivity contribution in [2.24, 2.45) is 10.7 Å². The number of aliphatic imine (C=N–C) groups is 1. The molecule has 116 valence electrons. The molecule has 21 heavy (non-hydrogen) atoms. The highest BCUT2D eigenvalue weighted by atomic mass is 35.5. The van der Waals surface area contributed by atoms with Crippen LogP contribution in [-0.2, 0) is 4.74 Å². The average molecular weight is 316 g/mol. The standard InChI is InChI=1S/C14H19ClFN3O2/c1-10-9-19(5-7-20-10)14(17)18-4-6-21-11-2-3-12(15)13(16)8-11/h2-3,8,10H,4-7,9H2,1H3,(H2,17,18). The number of guanidine groups is 1. The number of nitrogens with two attached hydrogens (primary N) is 1. The summed E-state index contributed by atoms with van der Waals surface area (Å²) < 4.78 is 24.1. The van der Waals surface area contributed by atoms with E-state index in [-0.39, 0.29) is 11.1 Å². The van der Waals surface area contributed by atoms with Crippen LogP contribution in [0.1, 0.15) is 6.92 Å². The molecule has 1 aliphatic heterocycles. The van der Waals surface area contributed by atoms with Crippen molar-refractivity contribution >= 4 is 17.6 Å². The molecule has 7 heteroatoms. The Kier molecular flexibility index (Phi) is 5.64. The first-order valence-electron chi connectivity index (χ1n) is 6.80. The maximum Gasteiger partial charge on any atom is 0.191 e. The first-order chi connectivity index (χ1) is 10.1. The summed E-state index contributed by atoms with van der Waals surface area (Å²) in [6.45, 7) is 4.85. The molecule has 0 radical (unpaired) electrons. The molecule has 0 amide bonds. The van der Waals surface area contributed by atoms with Gasteiger partial charge in [-0.1, -0.05) is 11.6 Å². The highest BCUT2D eigenvalue weighted by Gasteiger charge is 2.17. The first-order valence-corrected chi connectivity index (χ1v) is 7.18. The van der Waals surface area contributed by atoms with Crippen molar-refractivity contribution in [3.8, 4) is 5.75 Å². The molecule has 0 aromatic heterocycles. The zero-order valence-electron chi connectivity index (χ0n) is 11.9. The van der Waals surface area contributed by atoms with Crippen LogP contribution in [0, 0.1) is 5.82 Å². The SMILES string of the molecule is CC1CN(C(N)=NCCOc2ccc(Cl)c(F)c2)CCO1. The van der Waals surface area contributed by atoms with Crippen LogP contribution in [0.5, 0.6) is 5.75 Å². The van der Waals surface area contributed by atoms with Gasteiger partial charge in [-0.25, -0.2) is 9.38 Å². The second-order valence-corrected chi connectivity index (χ2v) is 5.20. The number of halogens is 2. The van der Waals surface area contributed by atoms with E-state index in [0.29, 0.717) is 31.5 Å². The van der Waals surface area contributed by atoms with Gasteiger partial charge in [0.2, 0.25) is 0 Å². The van der Waals surface area contributed by atoms with Crippen molar-refractivity contribution in [2.75, 3.05) is 32.8 Å². The Labute approximate surface area is 128 Å². The van der Waals surface area contributed by atoms with Crippen LogP contribution >= 0.6 is 11.6 Å². The number of morpholine rings is 1. The van der Waals surface area contributed by atoms with E-state index in [1.54, 1.807) is 6.07 Å². The number of hydrogen-bond donors (Lipinski definition) is 1. The molecule has 0 saturated carbocycles. The number of nitrogens with zero attached hydrogens (tertiary/aromatic N) is 2. The molecule has 1 unspecified atom stereocenters. The molecule has 0 aliphatic carbocycles. The van der Waals surface area contributed by atoms with Gasteiger partial charge in [-0.05, 0) is 19.1 Å². The summed E-state index contributed by atoms with van der Waals surface area (Å²) in [5, 5.41) is 0.0750. The molecular weight excluding hydrogens is 297 g/mol. The Bertz CT molecular complexity index is 513. The van der Waals surface area contributed by atoms with Crippen molar-refractivity contribution in [2.45, 2.75) is 13.0 Å². The van der Waals surface area contributed by atoms with Crippen LogP contribution in [0.15, 0.2) is 23.2 Å². The van der Waals surface area contributed by atoms with Crippen LogP contribution < -0.4 is 10.5 Å². The Morgan fingerprint density at radius 2 is 2.43 bits per heavy atom. The van der Waals surface area contributed by atoms with Crippen LogP contribution in [0.25, 0.3) is 0 Å². The van der Waals surface area contributed by atoms with Crippen LogP contribution in [0.3, 0.4) is 0 Å². The lowest BCUT2D eigenvalue weighted by atomic mass is 10.3. The van der Waals surface area contributed by atoms with Gasteiger partial charge in [0.05, 0.1) is 24.3 Å². The minimum Gasteiger partial charge on any atom is -0.492 e. The number of rotatable bonds is 4. The fourth-order valence-electron chi connectivity index (χ4n) is 2.02. The molecule has 1 atom stereocenters. The molecule has 1 aliphatic rings. The van der Waals surface area contributed by atoms with Gasteiger partial charge in [0, 0.05) is 19.2 Å². The lowest BCUT2D eigenvalue weighted by Gasteiger charge is -2.31. The molecule has 1 aromatic rings. The minimum atomic E-state index is -0.500. The third-order valence-corrected chi connectivity index (χ3v) is 3.40. The van der Waals surface area contributed by atoms with Crippen LogP contribution in [0.4, 0.5) is 4.39 Å². The highest BCUT2D eigenvalue weighted by Crippen LogP contribution is 2.20. The summed E-state index contributed by atoms with van der Waals surface area (Å²) in [7, 11) is 0. The summed E-state index contributed by atoms with van der Waals surface area (Å²) in [5.41, 5.74) is 5.92. The summed E-state index contributed by atoms with van der Waals surface area (Å²) in [6, 6.07) is 4.32. The van der Waals surface area contributed by atoms with Gasteiger partial charge in [-0.15, -0.1) is 0 Å². The van der Waals surface area contributed by atoms with Crippen molar-refractivity contribution in [3.63, 3.8) is 0 Å². The average Bonchev–Trinajstić information content (AvgIpc) is 2.47. The van der Waals surface area contributed by atoms with Crippen molar-refractivity contribution in [1.82, 2.24) is 4.90 Å². The lowest BCUT2D eigenvalue weighted by Crippen LogP contribution is -2.48. The van der Waals surface area contributed by atoms with E-state index in [4.69, 9.17) is 26.8 Å². The fraction of sp³-hybridized carbons (Fsp3) is 0.500. The van der Waals surface area contributed by atoms with Gasteiger partial charge in [-0.3, -0.25) is 0 Å². The second kappa shape index (κ2) is 7.47. The van der Waals surface area contributed by atoms with E-state index in [1.165, 1.54) is 12.1 Å². The summed E-state index contributed by atoms with van der Waals surface area (Å²) in [5.74, 6) is 0.404. The third-order valence-electron chi connectivity index (χ3n) is 3.09. The van der Waals surface area contributed by atoms with Gasteiger partial charge in [0.25, 0.3) is 0 Å². The molecular formula is C14H19ClFN3O2. The quantitative estimate of drug-likeness (QED) is 0.524. The number of hydrogen-bond acceptors (Lipinski definition) is 3. The fourth-order valence-corrected chi connectivity index (χ4v) is 2.13. The van der Waals surface area contributed by atoms with Crippen molar-refractivity contribution < 1.29 is 13.9 Å². The van der Waals surface area contributed by atoms with E-state index in [9.17, 15) is 4.39 Å². The van der Waals surface area contributed by atoms with Crippen LogP contribution in [-0.4, -0.2) is 49.8 Å². The zero-order valence-corrected chi connectivity index (χ0v) is 12.6. The predicted octanol–water partition coefficient (Wildman–Crippen LogP) is 1.89. The van der Waals surface area contributed by atoms with E-state index in [1.807, 2.05) is 11.8 Å². The summed E-state index contributed by atoms with van der Waals surface area (Å²) in [4.78, 5) is 6.24. The Hall–Kier alpha value is -1.53. The van der Waals surface area contributed by atoms with E-state index >= 15 is 0 Å². The number of benzene rings is 1. The van der Waals surface area contributed by atoms with Gasteiger partial charge < -0.3 is 20.1 Å². The summed E-state index contributed by atoms with van der Waals surface area (Å²) in [6.07, 6.45) is 0.154. The zero-order chi connectivity index (χ0) is 15.2. The van der Waals surface area contributed by atoms with Gasteiger partial charge in [0.1, 0.15) is 18.2 Å². The molecule has 1 saturated heterocycles. The maximum atomic E-state index is 13.2. The lowest BCUT2D eigenvalue weighted by molar-refractivity contribution is 0.00528. The Balaban J connectivity index is 1.77. The molecule has 5 nitrogen and oxygen atoms in total. The Morgan fingerprint density at radius 1 is 1.62 bits per heavy atom.